The molecule has 0 radical (unpaired) electrons. The van der Waals surface area contributed by atoms with Crippen LogP contribution < -0.4 is 0 Å². The number of aromatic hydroxyl groups is 1. The molecule has 0 aliphatic heterocycles. The first-order valence-corrected chi connectivity index (χ1v) is 4.88. The van der Waals surface area contributed by atoms with Crippen LogP contribution in [-0.4, -0.2) is 16.6 Å². The predicted octanol–water partition coefficient (Wildman–Crippen LogP) is 2.18. The Morgan fingerprint density at radius 2 is 1.93 bits per heavy atom. The molecule has 1 aromatic carbocycles. The van der Waals surface area contributed by atoms with Crippen molar-refractivity contribution in [2.45, 2.75) is 20.3 Å². The van der Waals surface area contributed by atoms with E-state index in [4.69, 9.17) is 10.5 Å². The van der Waals surface area contributed by atoms with E-state index in [0.29, 0.717) is 6.42 Å². The molecule has 1 aromatic rings. The SMILES string of the molecule is CC(=N)C(=O)[C@@H](C)Cc1ccc(O)cc1. The lowest BCUT2D eigenvalue weighted by Gasteiger charge is -2.09. The van der Waals surface area contributed by atoms with E-state index in [-0.39, 0.29) is 23.2 Å². The lowest BCUT2D eigenvalue weighted by molar-refractivity contribution is -0.116. The zero-order valence-electron chi connectivity index (χ0n) is 8.95. The summed E-state index contributed by atoms with van der Waals surface area (Å²) in [5.74, 6) is -0.0731. The Morgan fingerprint density at radius 3 is 2.40 bits per heavy atom. The topological polar surface area (TPSA) is 61.2 Å². The molecule has 0 unspecified atom stereocenters. The maximum atomic E-state index is 11.4. The van der Waals surface area contributed by atoms with Gasteiger partial charge < -0.3 is 10.5 Å². The Kier molecular flexibility index (Phi) is 3.61. The van der Waals surface area contributed by atoms with Crippen LogP contribution in [0.25, 0.3) is 0 Å². The van der Waals surface area contributed by atoms with E-state index in [0.717, 1.165) is 5.56 Å². The summed E-state index contributed by atoms with van der Waals surface area (Å²) < 4.78 is 0. The molecule has 80 valence electrons. The monoisotopic (exact) mass is 205 g/mol. The van der Waals surface area contributed by atoms with E-state index in [1.54, 1.807) is 24.3 Å². The highest BCUT2D eigenvalue weighted by Gasteiger charge is 2.14. The highest BCUT2D eigenvalue weighted by Crippen LogP contribution is 2.14. The Balaban J connectivity index is 2.66. The van der Waals surface area contributed by atoms with Gasteiger partial charge in [0.05, 0.1) is 5.71 Å². The predicted molar refractivity (Wildman–Crippen MR) is 59.4 cm³/mol. The number of Topliss-reactive ketones (excluding diaryl/α,β-unsaturated/α-hetero) is 1. The van der Waals surface area contributed by atoms with Gasteiger partial charge in [0, 0.05) is 5.92 Å². The smallest absolute Gasteiger partial charge is 0.179 e. The van der Waals surface area contributed by atoms with Crippen LogP contribution in [0.1, 0.15) is 19.4 Å². The molecule has 0 spiro atoms. The highest BCUT2D eigenvalue weighted by atomic mass is 16.3. The maximum absolute atomic E-state index is 11.4. The highest BCUT2D eigenvalue weighted by molar-refractivity contribution is 6.38. The van der Waals surface area contributed by atoms with Gasteiger partial charge in [0.25, 0.3) is 0 Å². The lowest BCUT2D eigenvalue weighted by atomic mass is 9.95. The molecular weight excluding hydrogens is 190 g/mol. The van der Waals surface area contributed by atoms with Gasteiger partial charge in [-0.25, -0.2) is 0 Å². The van der Waals surface area contributed by atoms with Gasteiger partial charge in [-0.05, 0) is 31.0 Å². The fraction of sp³-hybridized carbons (Fsp3) is 0.333. The molecule has 1 atom stereocenters. The second kappa shape index (κ2) is 4.73. The molecule has 0 fully saturated rings. The summed E-state index contributed by atoms with van der Waals surface area (Å²) in [7, 11) is 0. The molecule has 0 bridgehead atoms. The van der Waals surface area contributed by atoms with Crippen molar-refractivity contribution in [2.24, 2.45) is 5.92 Å². The van der Waals surface area contributed by atoms with E-state index in [1.165, 1.54) is 6.92 Å². The van der Waals surface area contributed by atoms with Crippen molar-refractivity contribution in [3.05, 3.63) is 29.8 Å². The van der Waals surface area contributed by atoms with Crippen molar-refractivity contribution in [3.63, 3.8) is 0 Å². The van der Waals surface area contributed by atoms with Crippen LogP contribution in [0.5, 0.6) is 5.75 Å². The molecule has 3 heteroatoms. The summed E-state index contributed by atoms with van der Waals surface area (Å²) in [6, 6.07) is 6.78. The molecule has 0 aromatic heterocycles. The molecule has 2 N–H and O–H groups in total. The van der Waals surface area contributed by atoms with E-state index in [2.05, 4.69) is 0 Å². The van der Waals surface area contributed by atoms with Gasteiger partial charge in [0.15, 0.2) is 5.78 Å². The first-order chi connectivity index (χ1) is 7.00. The molecule has 0 aliphatic carbocycles. The van der Waals surface area contributed by atoms with Gasteiger partial charge in [-0.2, -0.15) is 0 Å². The first-order valence-electron chi connectivity index (χ1n) is 4.88. The zero-order valence-corrected chi connectivity index (χ0v) is 8.95. The van der Waals surface area contributed by atoms with Crippen LogP contribution in [0.3, 0.4) is 0 Å². The molecule has 0 aliphatic rings. The van der Waals surface area contributed by atoms with Crippen LogP contribution >= 0.6 is 0 Å². The fourth-order valence-corrected chi connectivity index (χ4v) is 1.45. The molecular formula is C12H15NO2. The third-order valence-corrected chi connectivity index (χ3v) is 2.30. The number of nitrogens with one attached hydrogen (secondary N) is 1. The summed E-state index contributed by atoms with van der Waals surface area (Å²) in [5.41, 5.74) is 1.09. The summed E-state index contributed by atoms with van der Waals surface area (Å²) in [4.78, 5) is 11.4. The van der Waals surface area contributed by atoms with Crippen molar-refractivity contribution in [3.8, 4) is 5.75 Å². The summed E-state index contributed by atoms with van der Waals surface area (Å²) >= 11 is 0. The molecule has 1 rings (SSSR count). The van der Waals surface area contributed by atoms with E-state index >= 15 is 0 Å². The standard InChI is InChI=1S/C12H15NO2/c1-8(12(15)9(2)13)7-10-3-5-11(14)6-4-10/h3-6,8,13-14H,7H2,1-2H3/t8-/m0/s1. The largest absolute Gasteiger partial charge is 0.508 e. The van der Waals surface area contributed by atoms with Gasteiger partial charge in [-0.15, -0.1) is 0 Å². The molecule has 0 amide bonds. The number of rotatable bonds is 4. The number of benzene rings is 1. The Hall–Kier alpha value is -1.64. The van der Waals surface area contributed by atoms with Crippen molar-refractivity contribution in [2.75, 3.05) is 0 Å². The van der Waals surface area contributed by atoms with Crippen LogP contribution in [-0.2, 0) is 11.2 Å². The average Bonchev–Trinajstić information content (AvgIpc) is 2.20. The van der Waals surface area contributed by atoms with Crippen molar-refractivity contribution < 1.29 is 9.90 Å². The second-order valence-electron chi connectivity index (χ2n) is 3.76. The van der Waals surface area contributed by atoms with E-state index < -0.39 is 0 Å². The molecule has 3 nitrogen and oxygen atoms in total. The number of ketones is 1. The third kappa shape index (κ3) is 3.20. The summed E-state index contributed by atoms with van der Waals surface area (Å²) in [5, 5.41) is 16.3. The number of carbonyl (C=O) groups excluding carboxylic acids is 1. The third-order valence-electron chi connectivity index (χ3n) is 2.30. The maximum Gasteiger partial charge on any atom is 0.179 e. The minimum atomic E-state index is -0.174. The molecule has 15 heavy (non-hydrogen) atoms. The van der Waals surface area contributed by atoms with Crippen LogP contribution in [0, 0.1) is 11.3 Å². The first kappa shape index (κ1) is 11.4. The van der Waals surface area contributed by atoms with Crippen molar-refractivity contribution >= 4 is 11.5 Å². The number of phenolic OH excluding ortho intramolecular Hbond substituents is 1. The Bertz CT molecular complexity index is 368. The van der Waals surface area contributed by atoms with Crippen LogP contribution in [0.15, 0.2) is 24.3 Å². The average molecular weight is 205 g/mol. The number of carbonyl (C=O) groups is 1. The zero-order chi connectivity index (χ0) is 11.4. The minimum Gasteiger partial charge on any atom is -0.508 e. The quantitative estimate of drug-likeness (QED) is 0.740. The van der Waals surface area contributed by atoms with Gasteiger partial charge in [-0.1, -0.05) is 19.1 Å². The minimum absolute atomic E-state index is 0.0984. The van der Waals surface area contributed by atoms with Crippen LogP contribution in [0.4, 0.5) is 0 Å². The van der Waals surface area contributed by atoms with Crippen molar-refractivity contribution in [1.29, 1.82) is 5.41 Å². The molecule has 0 heterocycles. The van der Waals surface area contributed by atoms with Gasteiger partial charge in [-0.3, -0.25) is 4.79 Å². The fourth-order valence-electron chi connectivity index (χ4n) is 1.45. The second-order valence-corrected chi connectivity index (χ2v) is 3.76. The lowest BCUT2D eigenvalue weighted by Crippen LogP contribution is -2.20. The van der Waals surface area contributed by atoms with Gasteiger partial charge in [0.1, 0.15) is 5.75 Å². The Morgan fingerprint density at radius 1 is 1.40 bits per heavy atom. The molecule has 0 saturated carbocycles. The number of hydrogen-bond donors (Lipinski definition) is 2. The van der Waals surface area contributed by atoms with Crippen molar-refractivity contribution in [1.82, 2.24) is 0 Å². The van der Waals surface area contributed by atoms with Gasteiger partial charge in [0.2, 0.25) is 0 Å². The van der Waals surface area contributed by atoms with Gasteiger partial charge >= 0.3 is 0 Å². The van der Waals surface area contributed by atoms with E-state index in [1.807, 2.05) is 6.92 Å². The number of phenols is 1. The molecule has 0 saturated heterocycles. The number of hydrogen-bond acceptors (Lipinski definition) is 3. The van der Waals surface area contributed by atoms with Crippen LogP contribution in [0.2, 0.25) is 0 Å². The normalized spacial score (nSPS) is 12.1. The van der Waals surface area contributed by atoms with E-state index in [9.17, 15) is 4.79 Å². The summed E-state index contributed by atoms with van der Waals surface area (Å²) in [6.07, 6.45) is 0.606. The summed E-state index contributed by atoms with van der Waals surface area (Å²) in [6.45, 7) is 3.32. The Labute approximate surface area is 89.3 Å².